The predicted molar refractivity (Wildman–Crippen MR) is 112 cm³/mol. The Morgan fingerprint density at radius 2 is 1.77 bits per heavy atom. The number of non-ortho nitro benzene ring substituents is 1. The summed E-state index contributed by atoms with van der Waals surface area (Å²) in [6.45, 7) is 3.67. The maximum atomic E-state index is 13.6. The summed E-state index contributed by atoms with van der Waals surface area (Å²) < 4.78 is 28.4. The van der Waals surface area contributed by atoms with Gasteiger partial charge in [-0.2, -0.15) is 17.9 Å². The van der Waals surface area contributed by atoms with Crippen LogP contribution in [0.5, 0.6) is 0 Å². The van der Waals surface area contributed by atoms with E-state index in [1.807, 2.05) is 6.92 Å². The van der Waals surface area contributed by atoms with Gasteiger partial charge in [0.15, 0.2) is 0 Å². The quantitative estimate of drug-likeness (QED) is 0.553. The molecule has 0 spiro atoms. The number of nitro groups is 1. The molecule has 2 bridgehead atoms. The van der Waals surface area contributed by atoms with Crippen molar-refractivity contribution in [3.05, 3.63) is 69.8 Å². The molecule has 3 saturated heterocycles. The highest BCUT2D eigenvalue weighted by molar-refractivity contribution is 7.89. The van der Waals surface area contributed by atoms with Crippen LogP contribution in [0.2, 0.25) is 0 Å². The van der Waals surface area contributed by atoms with Crippen LogP contribution in [0.3, 0.4) is 0 Å². The lowest BCUT2D eigenvalue weighted by atomic mass is 9.78. The van der Waals surface area contributed by atoms with Gasteiger partial charge in [-0.05, 0) is 50.6 Å². The van der Waals surface area contributed by atoms with Crippen LogP contribution in [0, 0.1) is 23.0 Å². The zero-order valence-corrected chi connectivity index (χ0v) is 17.3. The molecule has 0 saturated carbocycles. The van der Waals surface area contributed by atoms with Crippen LogP contribution in [0.4, 0.5) is 5.69 Å². The summed E-state index contributed by atoms with van der Waals surface area (Å²) in [5.74, 6) is 0.263. The number of hydrogen-bond donors (Lipinski definition) is 0. The highest BCUT2D eigenvalue weighted by atomic mass is 32.2. The first-order valence-electron chi connectivity index (χ1n) is 10.0. The van der Waals surface area contributed by atoms with Crippen LogP contribution in [0.1, 0.15) is 30.0 Å². The molecule has 0 N–H and O–H groups in total. The number of aryl methyl sites for hydroxylation is 1. The number of rotatable bonds is 4. The van der Waals surface area contributed by atoms with E-state index in [2.05, 4.69) is 10.0 Å². The van der Waals surface area contributed by atoms with Crippen LogP contribution in [-0.2, 0) is 10.0 Å². The van der Waals surface area contributed by atoms with Crippen molar-refractivity contribution in [3.63, 3.8) is 0 Å². The fraction of sp³-hybridized carbons (Fsp3) is 0.381. The summed E-state index contributed by atoms with van der Waals surface area (Å²) in [5, 5.41) is 16.0. The molecule has 2 atom stereocenters. The average Bonchev–Trinajstić information content (AvgIpc) is 3.19. The van der Waals surface area contributed by atoms with Gasteiger partial charge in [-0.1, -0.05) is 29.8 Å². The van der Waals surface area contributed by atoms with E-state index in [-0.39, 0.29) is 22.5 Å². The Morgan fingerprint density at radius 3 is 2.43 bits per heavy atom. The van der Waals surface area contributed by atoms with Crippen molar-refractivity contribution in [1.82, 2.24) is 9.31 Å². The van der Waals surface area contributed by atoms with Crippen molar-refractivity contribution in [2.45, 2.75) is 36.7 Å². The molecule has 3 fully saturated rings. The van der Waals surface area contributed by atoms with Crippen LogP contribution < -0.4 is 0 Å². The molecule has 30 heavy (non-hydrogen) atoms. The summed E-state index contributed by atoms with van der Waals surface area (Å²) in [7, 11) is -3.91. The number of hydrazone groups is 1. The number of nitrogens with zero attached hydrogens (tertiary/aromatic N) is 4. The molecule has 4 aliphatic rings. The fourth-order valence-electron chi connectivity index (χ4n) is 4.85. The Morgan fingerprint density at radius 1 is 1.07 bits per heavy atom. The predicted octanol–water partition coefficient (Wildman–Crippen LogP) is 3.10. The van der Waals surface area contributed by atoms with Gasteiger partial charge in [0.2, 0.25) is 0 Å². The molecule has 4 heterocycles. The Balaban J connectivity index is 1.65. The third-order valence-corrected chi connectivity index (χ3v) is 8.05. The number of fused-ring (bicyclic) bond motifs is 2. The van der Waals surface area contributed by atoms with E-state index in [1.54, 1.807) is 36.4 Å². The first kappa shape index (κ1) is 19.2. The highest BCUT2D eigenvalue weighted by Gasteiger charge is 2.53. The number of sulfonamides is 1. The van der Waals surface area contributed by atoms with Crippen molar-refractivity contribution >= 4 is 21.4 Å². The Bertz CT molecular complexity index is 1140. The van der Waals surface area contributed by atoms with Gasteiger partial charge in [0, 0.05) is 18.1 Å². The second-order valence-corrected chi connectivity index (χ2v) is 9.96. The Hall–Kier alpha value is -2.78. The molecule has 0 amide bonds. The van der Waals surface area contributed by atoms with Crippen molar-refractivity contribution in [2.75, 3.05) is 13.1 Å². The van der Waals surface area contributed by atoms with Crippen molar-refractivity contribution in [3.8, 4) is 0 Å². The van der Waals surface area contributed by atoms with Crippen LogP contribution in [-0.4, -0.2) is 47.5 Å². The second-order valence-electron chi connectivity index (χ2n) is 8.17. The maximum Gasteiger partial charge on any atom is 0.279 e. The van der Waals surface area contributed by atoms with E-state index in [4.69, 9.17) is 0 Å². The second kappa shape index (κ2) is 6.88. The molecule has 6 rings (SSSR count). The van der Waals surface area contributed by atoms with Gasteiger partial charge in [-0.3, -0.25) is 15.0 Å². The van der Waals surface area contributed by atoms with Gasteiger partial charge in [0.05, 0.1) is 21.6 Å². The van der Waals surface area contributed by atoms with Crippen LogP contribution in [0.15, 0.2) is 58.5 Å². The van der Waals surface area contributed by atoms with E-state index >= 15 is 0 Å². The van der Waals surface area contributed by atoms with E-state index in [1.165, 1.54) is 16.5 Å². The van der Waals surface area contributed by atoms with Crippen LogP contribution in [0.25, 0.3) is 0 Å². The molecular formula is C21H22N4O4S. The molecule has 9 heteroatoms. The van der Waals surface area contributed by atoms with Crippen molar-refractivity contribution in [2.24, 2.45) is 11.0 Å². The third kappa shape index (κ3) is 2.92. The lowest BCUT2D eigenvalue weighted by Crippen LogP contribution is -2.56. The summed E-state index contributed by atoms with van der Waals surface area (Å²) >= 11 is 0. The van der Waals surface area contributed by atoms with Crippen molar-refractivity contribution < 1.29 is 13.3 Å². The molecule has 2 aromatic carbocycles. The zero-order valence-electron chi connectivity index (χ0n) is 16.5. The average molecular weight is 426 g/mol. The molecule has 0 radical (unpaired) electrons. The van der Waals surface area contributed by atoms with Gasteiger partial charge >= 0.3 is 0 Å². The molecule has 0 aliphatic carbocycles. The monoisotopic (exact) mass is 426 g/mol. The largest absolute Gasteiger partial charge is 0.293 e. The molecule has 4 aliphatic heterocycles. The minimum Gasteiger partial charge on any atom is -0.293 e. The van der Waals surface area contributed by atoms with Gasteiger partial charge < -0.3 is 0 Å². The highest BCUT2D eigenvalue weighted by Crippen LogP contribution is 2.45. The summed E-state index contributed by atoms with van der Waals surface area (Å²) in [6.07, 6.45) is 1.94. The smallest absolute Gasteiger partial charge is 0.279 e. The lowest BCUT2D eigenvalue weighted by Gasteiger charge is -2.45. The Kier molecular flexibility index (Phi) is 4.41. The summed E-state index contributed by atoms with van der Waals surface area (Å²) in [5.41, 5.74) is 2.40. The molecule has 156 valence electrons. The normalized spacial score (nSPS) is 27.6. The number of nitro benzene ring substituents is 1. The molecule has 2 aromatic rings. The summed E-state index contributed by atoms with van der Waals surface area (Å²) in [4.78, 5) is 13.3. The number of piperidine rings is 3. The zero-order chi connectivity index (χ0) is 21.0. The SMILES string of the molecule is Cc1ccc(S(=O)(=O)N2N=C3C4CCN(CC4)[C@H]3[C@@H]2c2cccc([N+](=O)[O-])c2)cc1. The fourth-order valence-corrected chi connectivity index (χ4v) is 6.29. The maximum absolute atomic E-state index is 13.6. The molecule has 0 aromatic heterocycles. The third-order valence-electron chi connectivity index (χ3n) is 6.38. The minimum atomic E-state index is -3.91. The minimum absolute atomic E-state index is 0.0513. The molecule has 0 unspecified atom stereocenters. The Labute approximate surface area is 175 Å². The molecule has 8 nitrogen and oxygen atoms in total. The topological polar surface area (TPSA) is 96.1 Å². The number of hydrogen-bond acceptors (Lipinski definition) is 6. The van der Waals surface area contributed by atoms with Gasteiger partial charge in [-0.15, -0.1) is 0 Å². The molecular weight excluding hydrogens is 404 g/mol. The van der Waals surface area contributed by atoms with E-state index in [0.29, 0.717) is 5.56 Å². The lowest BCUT2D eigenvalue weighted by molar-refractivity contribution is -0.384. The van der Waals surface area contributed by atoms with E-state index < -0.39 is 21.0 Å². The van der Waals surface area contributed by atoms with Crippen molar-refractivity contribution in [1.29, 1.82) is 0 Å². The van der Waals surface area contributed by atoms with Gasteiger partial charge in [0.25, 0.3) is 15.7 Å². The van der Waals surface area contributed by atoms with E-state index in [0.717, 1.165) is 37.2 Å². The standard InChI is InChI=1S/C21H22N4O4S/c1-14-5-7-18(8-6-14)30(28,29)24-20(16-3-2-4-17(13-16)25(26)27)21-19(22-24)15-9-11-23(21)12-10-15/h2-8,13,15,20-21H,9-12H2,1H3/t20-,21+/m0/s1. The summed E-state index contributed by atoms with van der Waals surface area (Å²) in [6, 6.07) is 12.2. The first-order valence-corrected chi connectivity index (χ1v) is 11.5. The van der Waals surface area contributed by atoms with Gasteiger partial charge in [0.1, 0.15) is 6.04 Å². The van der Waals surface area contributed by atoms with E-state index in [9.17, 15) is 18.5 Å². The first-order chi connectivity index (χ1) is 14.4. The number of benzene rings is 2. The van der Waals surface area contributed by atoms with Gasteiger partial charge in [-0.25, -0.2) is 0 Å². The van der Waals surface area contributed by atoms with Crippen LogP contribution >= 0.6 is 0 Å².